The fraction of sp³-hybridized carbons (Fsp3) is 0.435. The molecular weight excluding hydrogens is 524 g/mol. The average Bonchev–Trinajstić information content (AvgIpc) is 2.77. The molecule has 0 aliphatic carbocycles. The van der Waals surface area contributed by atoms with Crippen LogP contribution in [0, 0.1) is 5.92 Å². The number of alkyl halides is 2. The highest BCUT2D eigenvalue weighted by Crippen LogP contribution is 2.39. The Morgan fingerprint density at radius 2 is 1.71 bits per heavy atom. The van der Waals surface area contributed by atoms with Gasteiger partial charge in [0.25, 0.3) is 5.91 Å². The van der Waals surface area contributed by atoms with E-state index in [0.717, 1.165) is 24.5 Å². The predicted molar refractivity (Wildman–Crippen MR) is 128 cm³/mol. The van der Waals surface area contributed by atoms with E-state index >= 15 is 0 Å². The van der Waals surface area contributed by atoms with Crippen LogP contribution in [0.1, 0.15) is 37.0 Å². The number of piperidine rings is 1. The van der Waals surface area contributed by atoms with Gasteiger partial charge < -0.3 is 9.64 Å². The molecule has 2 aromatic rings. The molecule has 35 heavy (non-hydrogen) atoms. The molecule has 1 aliphatic rings. The fourth-order valence-corrected chi connectivity index (χ4v) is 7.23. The summed E-state index contributed by atoms with van der Waals surface area (Å²) in [7, 11) is -7.66. The SMILES string of the molecule is CC(C)(C1CCN(C(=O)c2ccc(OC(F)F)cc2S(C)(=O)=O)CC1)S(=O)(=O)c1cccc(Cl)c1. The van der Waals surface area contributed by atoms with Gasteiger partial charge in [-0.3, -0.25) is 4.79 Å². The van der Waals surface area contributed by atoms with Crippen LogP contribution in [0.15, 0.2) is 52.3 Å². The van der Waals surface area contributed by atoms with Crippen LogP contribution in [0.3, 0.4) is 0 Å². The average molecular weight is 550 g/mol. The molecule has 0 N–H and O–H groups in total. The van der Waals surface area contributed by atoms with Crippen LogP contribution in [-0.2, 0) is 19.7 Å². The Balaban J connectivity index is 1.80. The number of halogens is 3. The summed E-state index contributed by atoms with van der Waals surface area (Å²) in [4.78, 5) is 14.3. The third kappa shape index (κ3) is 5.78. The van der Waals surface area contributed by atoms with Gasteiger partial charge in [0, 0.05) is 24.4 Å². The zero-order chi connectivity index (χ0) is 26.2. The van der Waals surface area contributed by atoms with E-state index in [4.69, 9.17) is 11.6 Å². The van der Waals surface area contributed by atoms with Gasteiger partial charge in [0.2, 0.25) is 0 Å². The van der Waals surface area contributed by atoms with Crippen LogP contribution in [0.5, 0.6) is 5.75 Å². The first-order valence-electron chi connectivity index (χ1n) is 10.7. The number of sulfone groups is 2. The van der Waals surface area contributed by atoms with Crippen molar-refractivity contribution in [3.8, 4) is 5.75 Å². The van der Waals surface area contributed by atoms with Crippen molar-refractivity contribution >= 4 is 37.2 Å². The first-order chi connectivity index (χ1) is 16.1. The standard InChI is InChI=1S/C23H26ClF2NO6S2/c1-23(2,35(31,32)18-6-4-5-16(24)13-18)15-9-11-27(12-10-15)21(28)19-8-7-17(33-22(25)26)14-20(19)34(3,29)30/h4-8,13-15,22H,9-12H2,1-3H3. The highest BCUT2D eigenvalue weighted by atomic mass is 35.5. The number of carbonyl (C=O) groups is 1. The van der Waals surface area contributed by atoms with Gasteiger partial charge in [-0.2, -0.15) is 8.78 Å². The zero-order valence-electron chi connectivity index (χ0n) is 19.4. The lowest BCUT2D eigenvalue weighted by atomic mass is 9.85. The Morgan fingerprint density at radius 1 is 1.09 bits per heavy atom. The van der Waals surface area contributed by atoms with Crippen molar-refractivity contribution in [3.63, 3.8) is 0 Å². The van der Waals surface area contributed by atoms with Crippen molar-refractivity contribution in [3.05, 3.63) is 53.1 Å². The topological polar surface area (TPSA) is 97.8 Å². The number of carbonyl (C=O) groups excluding carboxylic acids is 1. The highest BCUT2D eigenvalue weighted by molar-refractivity contribution is 7.92. The van der Waals surface area contributed by atoms with Gasteiger partial charge >= 0.3 is 6.61 Å². The van der Waals surface area contributed by atoms with Crippen molar-refractivity contribution in [2.75, 3.05) is 19.3 Å². The molecule has 3 rings (SSSR count). The Bertz CT molecular complexity index is 1320. The normalized spacial score (nSPS) is 15.9. The van der Waals surface area contributed by atoms with Crippen LogP contribution >= 0.6 is 11.6 Å². The number of ether oxygens (including phenoxy) is 1. The molecule has 1 heterocycles. The maximum Gasteiger partial charge on any atom is 0.387 e. The molecule has 0 unspecified atom stereocenters. The Labute approximate surface area is 208 Å². The number of amides is 1. The molecule has 1 fully saturated rings. The second-order valence-corrected chi connectivity index (χ2v) is 13.9. The molecular formula is C23H26ClF2NO6S2. The van der Waals surface area contributed by atoms with E-state index in [-0.39, 0.29) is 35.2 Å². The van der Waals surface area contributed by atoms with Crippen molar-refractivity contribution < 1.29 is 35.1 Å². The minimum Gasteiger partial charge on any atom is -0.435 e. The predicted octanol–water partition coefficient (Wildman–Crippen LogP) is 4.45. The molecule has 0 bridgehead atoms. The number of hydrogen-bond acceptors (Lipinski definition) is 6. The second-order valence-electron chi connectivity index (χ2n) is 8.94. The zero-order valence-corrected chi connectivity index (χ0v) is 21.8. The lowest BCUT2D eigenvalue weighted by molar-refractivity contribution is -0.0500. The summed E-state index contributed by atoms with van der Waals surface area (Å²) in [5, 5.41) is 0.314. The van der Waals surface area contributed by atoms with Gasteiger partial charge in [-0.1, -0.05) is 17.7 Å². The Hall–Kier alpha value is -2.24. The van der Waals surface area contributed by atoms with E-state index in [0.29, 0.717) is 17.9 Å². The van der Waals surface area contributed by atoms with Gasteiger partial charge in [-0.15, -0.1) is 0 Å². The van der Waals surface area contributed by atoms with Crippen molar-refractivity contribution in [2.45, 2.75) is 47.8 Å². The summed E-state index contributed by atoms with van der Waals surface area (Å²) in [6.07, 6.45) is 1.62. The van der Waals surface area contributed by atoms with E-state index in [1.165, 1.54) is 17.0 Å². The number of likely N-dealkylation sites (tertiary alicyclic amines) is 1. The van der Waals surface area contributed by atoms with Gasteiger partial charge in [0.15, 0.2) is 19.7 Å². The molecule has 2 aromatic carbocycles. The number of hydrogen-bond donors (Lipinski definition) is 0. The molecule has 0 radical (unpaired) electrons. The highest BCUT2D eigenvalue weighted by Gasteiger charge is 2.44. The van der Waals surface area contributed by atoms with Crippen molar-refractivity contribution in [1.29, 1.82) is 0 Å². The van der Waals surface area contributed by atoms with E-state index in [1.807, 2.05) is 0 Å². The quantitative estimate of drug-likeness (QED) is 0.506. The molecule has 0 saturated carbocycles. The molecule has 1 aliphatic heterocycles. The Kier molecular flexibility index (Phi) is 7.83. The number of nitrogens with zero attached hydrogens (tertiary/aromatic N) is 1. The summed E-state index contributed by atoms with van der Waals surface area (Å²) < 4.78 is 79.4. The summed E-state index contributed by atoms with van der Waals surface area (Å²) >= 11 is 5.98. The lowest BCUT2D eigenvalue weighted by Crippen LogP contribution is -2.47. The first-order valence-corrected chi connectivity index (χ1v) is 14.5. The van der Waals surface area contributed by atoms with E-state index in [9.17, 15) is 30.4 Å². The van der Waals surface area contributed by atoms with Crippen LogP contribution < -0.4 is 4.74 Å². The third-order valence-corrected chi connectivity index (χ3v) is 10.3. The Morgan fingerprint density at radius 3 is 2.26 bits per heavy atom. The van der Waals surface area contributed by atoms with Gasteiger partial charge in [-0.25, -0.2) is 16.8 Å². The third-order valence-electron chi connectivity index (χ3n) is 6.37. The van der Waals surface area contributed by atoms with Crippen LogP contribution in [-0.4, -0.2) is 58.3 Å². The second kappa shape index (κ2) is 10.0. The van der Waals surface area contributed by atoms with E-state index < -0.39 is 41.8 Å². The van der Waals surface area contributed by atoms with E-state index in [2.05, 4.69) is 4.74 Å². The van der Waals surface area contributed by atoms with Gasteiger partial charge in [0.1, 0.15) is 5.75 Å². The minimum absolute atomic E-state index is 0.123. The van der Waals surface area contributed by atoms with Crippen LogP contribution in [0.2, 0.25) is 5.02 Å². The molecule has 1 saturated heterocycles. The molecule has 1 amide bonds. The maximum absolute atomic E-state index is 13.3. The monoisotopic (exact) mass is 549 g/mol. The fourth-order valence-electron chi connectivity index (χ4n) is 4.27. The number of rotatable bonds is 7. The molecule has 12 heteroatoms. The largest absolute Gasteiger partial charge is 0.435 e. The van der Waals surface area contributed by atoms with Crippen molar-refractivity contribution in [1.82, 2.24) is 4.90 Å². The first kappa shape index (κ1) is 27.3. The van der Waals surface area contributed by atoms with Gasteiger partial charge in [0.05, 0.1) is 20.1 Å². The molecule has 192 valence electrons. The summed E-state index contributed by atoms with van der Waals surface area (Å²) in [6, 6.07) is 9.24. The molecule has 0 atom stereocenters. The lowest BCUT2D eigenvalue weighted by Gasteiger charge is -2.40. The molecule has 7 nitrogen and oxygen atoms in total. The van der Waals surface area contributed by atoms with Crippen LogP contribution in [0.25, 0.3) is 0 Å². The van der Waals surface area contributed by atoms with E-state index in [1.54, 1.807) is 26.0 Å². The van der Waals surface area contributed by atoms with Crippen molar-refractivity contribution in [2.24, 2.45) is 5.92 Å². The maximum atomic E-state index is 13.3. The molecule has 0 aromatic heterocycles. The summed E-state index contributed by atoms with van der Waals surface area (Å²) in [6.45, 7) is 0.561. The summed E-state index contributed by atoms with van der Waals surface area (Å²) in [5.41, 5.74) is -0.154. The van der Waals surface area contributed by atoms with Crippen LogP contribution in [0.4, 0.5) is 8.78 Å². The smallest absolute Gasteiger partial charge is 0.387 e. The van der Waals surface area contributed by atoms with Gasteiger partial charge in [-0.05, 0) is 69.0 Å². The minimum atomic E-state index is -3.93. The summed E-state index contributed by atoms with van der Waals surface area (Å²) in [5.74, 6) is -1.22. The molecule has 0 spiro atoms. The number of benzene rings is 2.